The van der Waals surface area contributed by atoms with Gasteiger partial charge in [0.15, 0.2) is 0 Å². The molecule has 0 unspecified atom stereocenters. The van der Waals surface area contributed by atoms with Gasteiger partial charge in [-0.05, 0) is 29.0 Å². The molecule has 4 aromatic rings. The molecule has 0 saturated carbocycles. The highest BCUT2D eigenvalue weighted by atomic mass is 35.5. The van der Waals surface area contributed by atoms with Crippen LogP contribution in [0.25, 0.3) is 22.4 Å². The molecule has 4 rings (SSSR count). The predicted octanol–water partition coefficient (Wildman–Crippen LogP) is 2.21. The lowest BCUT2D eigenvalue weighted by atomic mass is 10.1. The van der Waals surface area contributed by atoms with Crippen molar-refractivity contribution in [2.45, 2.75) is 6.54 Å². The van der Waals surface area contributed by atoms with Gasteiger partial charge in [0.25, 0.3) is 0 Å². The molecule has 0 aliphatic carbocycles. The van der Waals surface area contributed by atoms with Crippen LogP contribution >= 0.6 is 11.6 Å². The molecule has 0 spiro atoms. The van der Waals surface area contributed by atoms with Crippen molar-refractivity contribution in [1.82, 2.24) is 30.2 Å². The second kappa shape index (κ2) is 5.36. The van der Waals surface area contributed by atoms with Crippen molar-refractivity contribution in [1.29, 1.82) is 0 Å². The van der Waals surface area contributed by atoms with E-state index in [0.717, 1.165) is 22.2 Å². The van der Waals surface area contributed by atoms with Crippen molar-refractivity contribution >= 4 is 22.6 Å². The molecular weight excluding hydrogens is 316 g/mol. The van der Waals surface area contributed by atoms with E-state index in [1.807, 2.05) is 30.3 Å². The number of benzene rings is 2. The van der Waals surface area contributed by atoms with Crippen LogP contribution in [0, 0.1) is 0 Å². The lowest BCUT2D eigenvalue weighted by Gasteiger charge is -2.04. The summed E-state index contributed by atoms with van der Waals surface area (Å²) >= 11 is 5.96. The minimum Gasteiger partial charge on any atom is -0.305 e. The van der Waals surface area contributed by atoms with Crippen molar-refractivity contribution in [3.8, 4) is 11.4 Å². The Balaban J connectivity index is 1.68. The third-order valence-corrected chi connectivity index (χ3v) is 3.87. The molecule has 0 radical (unpaired) electrons. The molecular formula is C15H11ClN6O. The van der Waals surface area contributed by atoms with E-state index < -0.39 is 0 Å². The van der Waals surface area contributed by atoms with E-state index in [4.69, 9.17) is 11.6 Å². The van der Waals surface area contributed by atoms with Crippen molar-refractivity contribution in [2.24, 2.45) is 0 Å². The van der Waals surface area contributed by atoms with Gasteiger partial charge in [0.1, 0.15) is 0 Å². The Labute approximate surface area is 134 Å². The van der Waals surface area contributed by atoms with Crippen LogP contribution in [0.1, 0.15) is 5.56 Å². The smallest absolute Gasteiger partial charge is 0.305 e. The molecule has 2 aromatic carbocycles. The largest absolute Gasteiger partial charge is 0.326 e. The van der Waals surface area contributed by atoms with E-state index in [1.165, 1.54) is 0 Å². The van der Waals surface area contributed by atoms with Crippen LogP contribution in [-0.2, 0) is 6.54 Å². The monoisotopic (exact) mass is 326 g/mol. The van der Waals surface area contributed by atoms with E-state index in [1.54, 1.807) is 16.7 Å². The molecule has 114 valence electrons. The molecule has 2 N–H and O–H groups in total. The van der Waals surface area contributed by atoms with Crippen LogP contribution in [0.15, 0.2) is 47.3 Å². The van der Waals surface area contributed by atoms with Gasteiger partial charge in [-0.15, -0.1) is 10.2 Å². The second-order valence-electron chi connectivity index (χ2n) is 5.11. The molecule has 0 fully saturated rings. The van der Waals surface area contributed by atoms with E-state index in [0.29, 0.717) is 17.4 Å². The zero-order valence-corrected chi connectivity index (χ0v) is 12.6. The minimum absolute atomic E-state index is 0.162. The maximum atomic E-state index is 12.1. The summed E-state index contributed by atoms with van der Waals surface area (Å²) in [6.45, 7) is 0.465. The maximum absolute atomic E-state index is 12.1. The lowest BCUT2D eigenvalue weighted by molar-refractivity contribution is 0.787. The molecule has 0 aliphatic heterocycles. The fourth-order valence-electron chi connectivity index (χ4n) is 2.52. The highest BCUT2D eigenvalue weighted by molar-refractivity contribution is 6.31. The number of tetrazole rings is 1. The lowest BCUT2D eigenvalue weighted by Crippen LogP contribution is -2.17. The highest BCUT2D eigenvalue weighted by Crippen LogP contribution is 2.18. The van der Waals surface area contributed by atoms with Crippen LogP contribution in [0.3, 0.4) is 0 Å². The SMILES string of the molecule is O=c1[nH]c2cc(Cl)ccc2n1Cc1ccc(-c2nn[nH]n2)cc1. The van der Waals surface area contributed by atoms with Gasteiger partial charge in [0, 0.05) is 10.6 Å². The number of fused-ring (bicyclic) bond motifs is 1. The summed E-state index contributed by atoms with van der Waals surface area (Å²) in [4.78, 5) is 15.0. The standard InChI is InChI=1S/C15H11ClN6O/c16-11-5-6-13-12(7-11)17-15(23)22(13)8-9-1-3-10(4-2-9)14-18-20-21-19-14/h1-7H,8H2,(H,17,23)(H,18,19,20,21). The molecule has 0 atom stereocenters. The average Bonchev–Trinajstić information content (AvgIpc) is 3.17. The predicted molar refractivity (Wildman–Crippen MR) is 86.3 cm³/mol. The normalized spacial score (nSPS) is 11.2. The van der Waals surface area contributed by atoms with Gasteiger partial charge in [0.2, 0.25) is 5.82 Å². The Bertz CT molecular complexity index is 1020. The number of nitrogens with zero attached hydrogens (tertiary/aromatic N) is 4. The fraction of sp³-hybridized carbons (Fsp3) is 0.0667. The summed E-state index contributed by atoms with van der Waals surface area (Å²) < 4.78 is 1.68. The van der Waals surface area contributed by atoms with Gasteiger partial charge >= 0.3 is 5.69 Å². The summed E-state index contributed by atoms with van der Waals surface area (Å²) in [5.74, 6) is 0.537. The average molecular weight is 327 g/mol. The van der Waals surface area contributed by atoms with Crippen molar-refractivity contribution in [2.75, 3.05) is 0 Å². The zero-order valence-electron chi connectivity index (χ0n) is 11.8. The van der Waals surface area contributed by atoms with Crippen LogP contribution in [-0.4, -0.2) is 30.2 Å². The quantitative estimate of drug-likeness (QED) is 0.603. The molecule has 2 heterocycles. The number of rotatable bonds is 3. The first kappa shape index (κ1) is 13.7. The number of aromatic amines is 2. The first-order chi connectivity index (χ1) is 11.2. The second-order valence-corrected chi connectivity index (χ2v) is 5.55. The number of aromatic nitrogens is 6. The van der Waals surface area contributed by atoms with Crippen LogP contribution < -0.4 is 5.69 Å². The minimum atomic E-state index is -0.162. The third kappa shape index (κ3) is 2.51. The Morgan fingerprint density at radius 2 is 1.96 bits per heavy atom. The first-order valence-electron chi connectivity index (χ1n) is 6.91. The number of halogens is 1. The molecule has 0 bridgehead atoms. The molecule has 2 aromatic heterocycles. The Morgan fingerprint density at radius 3 is 2.70 bits per heavy atom. The molecule has 0 amide bonds. The molecule has 7 nitrogen and oxygen atoms in total. The van der Waals surface area contributed by atoms with Crippen LogP contribution in [0.2, 0.25) is 5.02 Å². The van der Waals surface area contributed by atoms with Gasteiger partial charge in [0.05, 0.1) is 17.6 Å². The zero-order chi connectivity index (χ0) is 15.8. The van der Waals surface area contributed by atoms with Crippen molar-refractivity contribution in [3.05, 3.63) is 63.5 Å². The Hall–Kier alpha value is -2.93. The fourth-order valence-corrected chi connectivity index (χ4v) is 2.69. The van der Waals surface area contributed by atoms with Gasteiger partial charge < -0.3 is 4.98 Å². The Morgan fingerprint density at radius 1 is 1.13 bits per heavy atom. The van der Waals surface area contributed by atoms with Crippen LogP contribution in [0.4, 0.5) is 0 Å². The van der Waals surface area contributed by atoms with Gasteiger partial charge in [-0.2, -0.15) is 5.21 Å². The topological polar surface area (TPSA) is 92.2 Å². The van der Waals surface area contributed by atoms with Crippen molar-refractivity contribution < 1.29 is 0 Å². The van der Waals surface area contributed by atoms with E-state index in [9.17, 15) is 4.79 Å². The summed E-state index contributed by atoms with van der Waals surface area (Å²) in [6.07, 6.45) is 0. The molecule has 0 aliphatic rings. The summed E-state index contributed by atoms with van der Waals surface area (Å²) in [5.41, 5.74) is 3.24. The number of hydrogen-bond acceptors (Lipinski definition) is 4. The maximum Gasteiger partial charge on any atom is 0.326 e. The van der Waals surface area contributed by atoms with E-state index >= 15 is 0 Å². The molecule has 0 saturated heterocycles. The van der Waals surface area contributed by atoms with E-state index in [2.05, 4.69) is 25.6 Å². The molecule has 23 heavy (non-hydrogen) atoms. The Kier molecular flexibility index (Phi) is 3.20. The van der Waals surface area contributed by atoms with Gasteiger partial charge in [-0.25, -0.2) is 4.79 Å². The van der Waals surface area contributed by atoms with Gasteiger partial charge in [-0.3, -0.25) is 4.57 Å². The summed E-state index contributed by atoms with van der Waals surface area (Å²) in [6, 6.07) is 13.0. The molecule has 8 heteroatoms. The number of hydrogen-bond donors (Lipinski definition) is 2. The van der Waals surface area contributed by atoms with Crippen LogP contribution in [0.5, 0.6) is 0 Å². The summed E-state index contributed by atoms with van der Waals surface area (Å²) in [5, 5.41) is 14.4. The van der Waals surface area contributed by atoms with Crippen molar-refractivity contribution in [3.63, 3.8) is 0 Å². The number of nitrogens with one attached hydrogen (secondary N) is 2. The van der Waals surface area contributed by atoms with E-state index in [-0.39, 0.29) is 5.69 Å². The van der Waals surface area contributed by atoms with Gasteiger partial charge in [-0.1, -0.05) is 35.9 Å². The third-order valence-electron chi connectivity index (χ3n) is 3.63. The summed E-state index contributed by atoms with van der Waals surface area (Å²) in [7, 11) is 0. The number of H-pyrrole nitrogens is 2. The first-order valence-corrected chi connectivity index (χ1v) is 7.29. The number of imidazole rings is 1. The highest BCUT2D eigenvalue weighted by Gasteiger charge is 2.08.